The Labute approximate surface area is 84.0 Å². The van der Waals surface area contributed by atoms with Gasteiger partial charge in [-0.25, -0.2) is 0 Å². The first-order chi connectivity index (χ1) is 6.43. The molecule has 0 aromatic heterocycles. The molecule has 1 fully saturated rings. The molecule has 0 amide bonds. The molecule has 0 aromatic rings. The Kier molecular flexibility index (Phi) is 2.95. The first-order valence-corrected chi connectivity index (χ1v) is 4.80. The average Bonchev–Trinajstić information content (AvgIpc) is 2.44. The third-order valence-corrected chi connectivity index (χ3v) is 3.14. The lowest BCUT2D eigenvalue weighted by molar-refractivity contribution is -0.148. The molecule has 0 aromatic carbocycles. The van der Waals surface area contributed by atoms with Gasteiger partial charge in [0.15, 0.2) is 5.78 Å². The quantitative estimate of drug-likeness (QED) is 0.515. The minimum atomic E-state index is -0.632. The third-order valence-electron chi connectivity index (χ3n) is 3.14. The van der Waals surface area contributed by atoms with Crippen LogP contribution in [0.2, 0.25) is 0 Å². The molecular weight excluding hydrogens is 182 g/mol. The number of esters is 1. The fourth-order valence-corrected chi connectivity index (χ4v) is 1.68. The zero-order valence-corrected chi connectivity index (χ0v) is 9.09. The topological polar surface area (TPSA) is 55.4 Å². The van der Waals surface area contributed by atoms with Crippen LogP contribution in [-0.2, 0) is 14.3 Å². The van der Waals surface area contributed by atoms with E-state index in [1.165, 1.54) is 7.11 Å². The summed E-state index contributed by atoms with van der Waals surface area (Å²) in [6.45, 7) is 6.15. The second-order valence-electron chi connectivity index (χ2n) is 4.18. The molecule has 0 saturated carbocycles. The molecule has 1 N–H and O–H groups in total. The summed E-state index contributed by atoms with van der Waals surface area (Å²) in [4.78, 5) is 23.2. The van der Waals surface area contributed by atoms with Gasteiger partial charge in [0.25, 0.3) is 0 Å². The van der Waals surface area contributed by atoms with Crippen molar-refractivity contribution in [2.24, 2.45) is 11.8 Å². The Morgan fingerprint density at radius 2 is 2.21 bits per heavy atom. The molecule has 1 saturated heterocycles. The van der Waals surface area contributed by atoms with E-state index < -0.39 is 17.4 Å². The fourth-order valence-electron chi connectivity index (χ4n) is 1.68. The van der Waals surface area contributed by atoms with E-state index in [4.69, 9.17) is 0 Å². The van der Waals surface area contributed by atoms with E-state index in [1.807, 2.05) is 20.8 Å². The van der Waals surface area contributed by atoms with Crippen molar-refractivity contribution in [1.82, 2.24) is 5.32 Å². The number of nitrogens with one attached hydrogen (secondary N) is 1. The molecule has 1 rings (SSSR count). The minimum absolute atomic E-state index is 0.0562. The maximum absolute atomic E-state index is 11.9. The molecule has 14 heavy (non-hydrogen) atoms. The summed E-state index contributed by atoms with van der Waals surface area (Å²) in [6, 6.07) is 0. The van der Waals surface area contributed by atoms with Crippen molar-refractivity contribution in [1.29, 1.82) is 0 Å². The predicted octanol–water partition coefficient (Wildman–Crippen LogP) is 0.363. The van der Waals surface area contributed by atoms with Crippen molar-refractivity contribution >= 4 is 11.8 Å². The molecule has 1 heterocycles. The molecule has 4 heteroatoms. The number of rotatable bonds is 2. The van der Waals surface area contributed by atoms with Gasteiger partial charge in [-0.15, -0.1) is 0 Å². The lowest BCUT2D eigenvalue weighted by Crippen LogP contribution is -2.47. The minimum Gasteiger partial charge on any atom is -0.468 e. The van der Waals surface area contributed by atoms with E-state index in [2.05, 4.69) is 10.1 Å². The highest BCUT2D eigenvalue weighted by atomic mass is 16.5. The van der Waals surface area contributed by atoms with Crippen LogP contribution in [-0.4, -0.2) is 30.9 Å². The highest BCUT2D eigenvalue weighted by molar-refractivity contribution is 6.05. The lowest BCUT2D eigenvalue weighted by atomic mass is 9.83. The van der Waals surface area contributed by atoms with Crippen molar-refractivity contribution in [2.45, 2.75) is 26.3 Å². The van der Waals surface area contributed by atoms with E-state index >= 15 is 0 Å². The number of hydrogen-bond acceptors (Lipinski definition) is 4. The van der Waals surface area contributed by atoms with E-state index in [1.54, 1.807) is 0 Å². The Hall–Kier alpha value is -0.900. The number of carbonyl (C=O) groups excluding carboxylic acids is 2. The van der Waals surface area contributed by atoms with Crippen molar-refractivity contribution in [3.05, 3.63) is 0 Å². The number of ether oxygens (including phenoxy) is 1. The summed E-state index contributed by atoms with van der Waals surface area (Å²) in [5, 5.41) is 3.10. The Morgan fingerprint density at radius 1 is 1.64 bits per heavy atom. The molecule has 1 aliphatic heterocycles. The molecule has 4 nitrogen and oxygen atoms in total. The number of hydrogen-bond donors (Lipinski definition) is 1. The van der Waals surface area contributed by atoms with E-state index in [-0.39, 0.29) is 11.7 Å². The first-order valence-electron chi connectivity index (χ1n) is 4.80. The second kappa shape index (κ2) is 3.69. The Bertz CT molecular complexity index is 262. The highest BCUT2D eigenvalue weighted by Crippen LogP contribution is 2.27. The zero-order chi connectivity index (χ0) is 10.9. The van der Waals surface area contributed by atoms with Crippen LogP contribution >= 0.6 is 0 Å². The summed E-state index contributed by atoms with van der Waals surface area (Å²) >= 11 is 0. The molecule has 1 aliphatic rings. The van der Waals surface area contributed by atoms with Crippen molar-refractivity contribution in [2.75, 3.05) is 13.7 Å². The molecule has 0 aliphatic carbocycles. The van der Waals surface area contributed by atoms with Gasteiger partial charge < -0.3 is 10.1 Å². The van der Waals surface area contributed by atoms with Gasteiger partial charge >= 0.3 is 5.97 Å². The lowest BCUT2D eigenvalue weighted by Gasteiger charge is -2.27. The number of ketones is 1. The monoisotopic (exact) mass is 199 g/mol. The van der Waals surface area contributed by atoms with Gasteiger partial charge in [-0.05, 0) is 12.8 Å². The highest BCUT2D eigenvalue weighted by Gasteiger charge is 2.49. The SMILES string of the molecule is COC(=O)C1CN[C@@](C)(C(C)C)C1=O. The predicted molar refractivity (Wildman–Crippen MR) is 51.8 cm³/mol. The van der Waals surface area contributed by atoms with Crippen LogP contribution < -0.4 is 5.32 Å². The fraction of sp³-hybridized carbons (Fsp3) is 0.800. The van der Waals surface area contributed by atoms with Crippen molar-refractivity contribution < 1.29 is 14.3 Å². The summed E-state index contributed by atoms with van der Waals surface area (Å²) in [5.74, 6) is -0.955. The van der Waals surface area contributed by atoms with Crippen LogP contribution in [0.15, 0.2) is 0 Å². The number of Topliss-reactive ketones (excluding diaryl/α,β-unsaturated/α-hetero) is 1. The van der Waals surface area contributed by atoms with E-state index in [0.29, 0.717) is 6.54 Å². The Balaban J connectivity index is 2.83. The van der Waals surface area contributed by atoms with Gasteiger partial charge in [0.2, 0.25) is 0 Å². The average molecular weight is 199 g/mol. The molecule has 0 bridgehead atoms. The number of methoxy groups -OCH3 is 1. The van der Waals surface area contributed by atoms with Crippen LogP contribution in [0.4, 0.5) is 0 Å². The van der Waals surface area contributed by atoms with Gasteiger partial charge in [-0.1, -0.05) is 13.8 Å². The molecule has 1 unspecified atom stereocenters. The summed E-state index contributed by atoms with van der Waals surface area (Å²) in [6.07, 6.45) is 0. The van der Waals surface area contributed by atoms with Crippen LogP contribution in [0.25, 0.3) is 0 Å². The second-order valence-corrected chi connectivity index (χ2v) is 4.18. The van der Waals surface area contributed by atoms with Crippen LogP contribution in [0, 0.1) is 11.8 Å². The molecular formula is C10H17NO3. The molecule has 0 spiro atoms. The van der Waals surface area contributed by atoms with Crippen molar-refractivity contribution in [3.8, 4) is 0 Å². The smallest absolute Gasteiger partial charge is 0.317 e. The van der Waals surface area contributed by atoms with Gasteiger partial charge in [0.1, 0.15) is 5.92 Å². The third kappa shape index (κ3) is 1.54. The molecule has 80 valence electrons. The largest absolute Gasteiger partial charge is 0.468 e. The Morgan fingerprint density at radius 3 is 2.57 bits per heavy atom. The molecule has 0 radical (unpaired) electrons. The van der Waals surface area contributed by atoms with Gasteiger partial charge in [0, 0.05) is 6.54 Å². The normalized spacial score (nSPS) is 32.4. The van der Waals surface area contributed by atoms with Gasteiger partial charge in [-0.2, -0.15) is 0 Å². The van der Waals surface area contributed by atoms with Crippen LogP contribution in [0.3, 0.4) is 0 Å². The van der Waals surface area contributed by atoms with Crippen molar-refractivity contribution in [3.63, 3.8) is 0 Å². The summed E-state index contributed by atoms with van der Waals surface area (Å²) in [5.41, 5.74) is -0.584. The van der Waals surface area contributed by atoms with Crippen LogP contribution in [0.1, 0.15) is 20.8 Å². The van der Waals surface area contributed by atoms with E-state index in [9.17, 15) is 9.59 Å². The standard InChI is InChI=1S/C10H17NO3/c1-6(2)10(3)8(12)7(5-11-10)9(13)14-4/h6-7,11H,5H2,1-4H3/t7?,10-/m0/s1. The zero-order valence-electron chi connectivity index (χ0n) is 9.09. The maximum Gasteiger partial charge on any atom is 0.317 e. The van der Waals surface area contributed by atoms with Crippen LogP contribution in [0.5, 0.6) is 0 Å². The maximum atomic E-state index is 11.9. The summed E-state index contributed by atoms with van der Waals surface area (Å²) < 4.78 is 4.58. The summed E-state index contributed by atoms with van der Waals surface area (Å²) in [7, 11) is 1.31. The van der Waals surface area contributed by atoms with Gasteiger partial charge in [0.05, 0.1) is 12.6 Å². The van der Waals surface area contributed by atoms with Gasteiger partial charge in [-0.3, -0.25) is 9.59 Å². The van der Waals surface area contributed by atoms with E-state index in [0.717, 1.165) is 0 Å². The first kappa shape index (κ1) is 11.2. The number of carbonyl (C=O) groups is 2. The molecule has 2 atom stereocenters.